The first-order valence-corrected chi connectivity index (χ1v) is 5.61. The van der Waals surface area contributed by atoms with Crippen molar-refractivity contribution in [3.05, 3.63) is 34.9 Å². The van der Waals surface area contributed by atoms with Crippen LogP contribution in [-0.2, 0) is 9.53 Å². The van der Waals surface area contributed by atoms with Gasteiger partial charge in [-0.15, -0.1) is 0 Å². The maximum Gasteiger partial charge on any atom is 0.430 e. The molecule has 1 N–H and O–H groups in total. The fourth-order valence-electron chi connectivity index (χ4n) is 2.03. The maximum atomic E-state index is 13.0. The summed E-state index contributed by atoms with van der Waals surface area (Å²) in [5.41, 5.74) is 0.000553. The van der Waals surface area contributed by atoms with Crippen LogP contribution in [0.1, 0.15) is 11.1 Å². The van der Waals surface area contributed by atoms with E-state index in [0.29, 0.717) is 0 Å². The second kappa shape index (κ2) is 4.73. The van der Waals surface area contributed by atoms with E-state index in [-0.39, 0.29) is 17.1 Å². The Balaban J connectivity index is 2.71. The molecule has 7 heteroatoms. The second-order valence-corrected chi connectivity index (χ2v) is 4.29. The molecule has 1 unspecified atom stereocenters. The number of alkyl halides is 3. The third-order valence-corrected chi connectivity index (χ3v) is 2.86. The predicted octanol–water partition coefficient (Wildman–Crippen LogP) is 2.76. The first-order valence-electron chi connectivity index (χ1n) is 5.61. The molecule has 1 aliphatic rings. The Kier molecular flexibility index (Phi) is 3.37. The van der Waals surface area contributed by atoms with Gasteiger partial charge in [-0.2, -0.15) is 13.2 Å². The summed E-state index contributed by atoms with van der Waals surface area (Å²) < 4.78 is 48.6. The Labute approximate surface area is 112 Å². The van der Waals surface area contributed by atoms with Crippen molar-refractivity contribution < 1.29 is 32.5 Å². The van der Waals surface area contributed by atoms with Crippen LogP contribution in [0.2, 0.25) is 0 Å². The van der Waals surface area contributed by atoms with Gasteiger partial charge in [-0.1, -0.05) is 11.6 Å². The summed E-state index contributed by atoms with van der Waals surface area (Å²) in [6.07, 6.45) is -7.40. The number of halogens is 3. The Morgan fingerprint density at radius 3 is 2.55 bits per heavy atom. The molecule has 0 spiro atoms. The summed E-state index contributed by atoms with van der Waals surface area (Å²) >= 11 is 0. The number of rotatable bonds is 2. The van der Waals surface area contributed by atoms with Crippen LogP contribution < -0.4 is 4.74 Å². The highest BCUT2D eigenvalue weighted by molar-refractivity contribution is 5.97. The van der Waals surface area contributed by atoms with E-state index in [1.165, 1.54) is 12.1 Å². The minimum Gasteiger partial charge on any atom is -0.495 e. The van der Waals surface area contributed by atoms with Crippen molar-refractivity contribution >= 4 is 11.7 Å². The molecule has 1 aromatic rings. The molecule has 0 aliphatic carbocycles. The molecular weight excluding hydrogens is 277 g/mol. The number of aliphatic carboxylic acids is 1. The number of fused-ring (bicyclic) bond motifs is 1. The lowest BCUT2D eigenvalue weighted by molar-refractivity contribution is -0.187. The van der Waals surface area contributed by atoms with Crippen molar-refractivity contribution in [1.29, 1.82) is 0 Å². The lowest BCUT2D eigenvalue weighted by Crippen LogP contribution is -2.41. The zero-order chi connectivity index (χ0) is 15.1. The smallest absolute Gasteiger partial charge is 0.430 e. The zero-order valence-corrected chi connectivity index (χ0v) is 10.6. The van der Waals surface area contributed by atoms with E-state index < -0.39 is 23.8 Å². The molecule has 108 valence electrons. The highest BCUT2D eigenvalue weighted by Crippen LogP contribution is 2.42. The number of aryl methyl sites for hydroxylation is 1. The molecule has 1 aliphatic heterocycles. The van der Waals surface area contributed by atoms with Crippen LogP contribution in [0.15, 0.2) is 23.8 Å². The summed E-state index contributed by atoms with van der Waals surface area (Å²) in [5, 5.41) is 9.05. The van der Waals surface area contributed by atoms with Crippen LogP contribution >= 0.6 is 0 Å². The van der Waals surface area contributed by atoms with Gasteiger partial charge in [0.05, 0.1) is 12.7 Å². The molecule has 0 amide bonds. The number of carboxylic acid groups (broad SMARTS) is 1. The van der Waals surface area contributed by atoms with Gasteiger partial charge in [-0.3, -0.25) is 0 Å². The fraction of sp³-hybridized carbons (Fsp3) is 0.308. The molecule has 4 nitrogen and oxygen atoms in total. The van der Waals surface area contributed by atoms with Gasteiger partial charge in [-0.05, 0) is 19.1 Å². The monoisotopic (exact) mass is 288 g/mol. The Bertz CT molecular complexity index is 590. The van der Waals surface area contributed by atoms with Gasteiger partial charge in [0, 0.05) is 0 Å². The molecule has 0 aromatic heterocycles. The van der Waals surface area contributed by atoms with Crippen LogP contribution in [0.4, 0.5) is 13.2 Å². The third kappa shape index (κ3) is 2.31. The average molecular weight is 288 g/mol. The molecule has 1 atom stereocenters. The number of ether oxygens (including phenoxy) is 2. The van der Waals surface area contributed by atoms with Crippen LogP contribution in [0, 0.1) is 6.92 Å². The third-order valence-electron chi connectivity index (χ3n) is 2.86. The quantitative estimate of drug-likeness (QED) is 0.909. The topological polar surface area (TPSA) is 55.8 Å². The number of methoxy groups -OCH3 is 1. The molecule has 20 heavy (non-hydrogen) atoms. The van der Waals surface area contributed by atoms with Gasteiger partial charge in [0.15, 0.2) is 0 Å². The molecule has 1 aromatic carbocycles. The van der Waals surface area contributed by atoms with Gasteiger partial charge < -0.3 is 14.6 Å². The van der Waals surface area contributed by atoms with E-state index in [4.69, 9.17) is 14.6 Å². The largest absolute Gasteiger partial charge is 0.495 e. The van der Waals surface area contributed by atoms with Crippen LogP contribution in [0.25, 0.3) is 5.76 Å². The van der Waals surface area contributed by atoms with Crippen molar-refractivity contribution in [2.45, 2.75) is 19.2 Å². The van der Waals surface area contributed by atoms with Crippen LogP contribution in [-0.4, -0.2) is 30.5 Å². The van der Waals surface area contributed by atoms with E-state index in [1.54, 1.807) is 13.0 Å². The lowest BCUT2D eigenvalue weighted by atomic mass is 9.97. The van der Waals surface area contributed by atoms with Gasteiger partial charge in [-0.25, -0.2) is 4.79 Å². The number of hydrogen-bond acceptors (Lipinski definition) is 3. The number of carboxylic acids is 1. The lowest BCUT2D eigenvalue weighted by Gasteiger charge is -2.29. The first-order chi connectivity index (χ1) is 9.25. The van der Waals surface area contributed by atoms with E-state index in [2.05, 4.69) is 0 Å². The highest BCUT2D eigenvalue weighted by Gasteiger charge is 2.51. The Morgan fingerprint density at radius 2 is 2.05 bits per heavy atom. The van der Waals surface area contributed by atoms with Gasteiger partial charge >= 0.3 is 12.1 Å². The van der Waals surface area contributed by atoms with Crippen molar-refractivity contribution in [3.63, 3.8) is 0 Å². The summed E-state index contributed by atoms with van der Waals surface area (Å²) in [7, 11) is 1.13. The fourth-order valence-corrected chi connectivity index (χ4v) is 2.03. The zero-order valence-electron chi connectivity index (χ0n) is 10.6. The SMILES string of the molecule is COC1=C(C(=O)O)C(C(F)(F)F)Oc2ccc(C)cc21. The van der Waals surface area contributed by atoms with Crippen molar-refractivity contribution in [2.24, 2.45) is 0 Å². The molecule has 0 saturated carbocycles. The second-order valence-electron chi connectivity index (χ2n) is 4.29. The molecule has 2 rings (SSSR count). The summed E-state index contributed by atoms with van der Waals surface area (Å²) in [5.74, 6) is -2.11. The Hall–Kier alpha value is -2.18. The van der Waals surface area contributed by atoms with Gasteiger partial charge in [0.2, 0.25) is 6.10 Å². The van der Waals surface area contributed by atoms with Crippen LogP contribution in [0.3, 0.4) is 0 Å². The summed E-state index contributed by atoms with van der Waals surface area (Å²) in [4.78, 5) is 11.2. The Morgan fingerprint density at radius 1 is 1.40 bits per heavy atom. The summed E-state index contributed by atoms with van der Waals surface area (Å²) in [6, 6.07) is 4.45. The molecule has 0 bridgehead atoms. The molecule has 0 fully saturated rings. The van der Waals surface area contributed by atoms with Gasteiger partial charge in [0.25, 0.3) is 0 Å². The highest BCUT2D eigenvalue weighted by atomic mass is 19.4. The van der Waals surface area contributed by atoms with E-state index in [0.717, 1.165) is 12.7 Å². The van der Waals surface area contributed by atoms with E-state index in [1.807, 2.05) is 0 Å². The molecular formula is C13H11F3O4. The van der Waals surface area contributed by atoms with Crippen LogP contribution in [0.5, 0.6) is 5.75 Å². The summed E-state index contributed by atoms with van der Waals surface area (Å²) in [6.45, 7) is 1.73. The molecule has 1 heterocycles. The molecule has 0 saturated heterocycles. The molecule has 0 radical (unpaired) electrons. The predicted molar refractivity (Wildman–Crippen MR) is 63.2 cm³/mol. The number of hydrogen-bond donors (Lipinski definition) is 1. The van der Waals surface area contributed by atoms with Gasteiger partial charge in [0.1, 0.15) is 17.1 Å². The van der Waals surface area contributed by atoms with Crippen molar-refractivity contribution in [3.8, 4) is 5.75 Å². The minimum atomic E-state index is -4.85. The normalized spacial score (nSPS) is 18.4. The minimum absolute atomic E-state index is 0.0558. The van der Waals surface area contributed by atoms with Crippen molar-refractivity contribution in [2.75, 3.05) is 7.11 Å². The standard InChI is InChI=1S/C13H11F3O4/c1-6-3-4-8-7(5-6)10(19-2)9(12(17)18)11(20-8)13(14,15)16/h3-5,11H,1-2H3,(H,17,18). The van der Waals surface area contributed by atoms with E-state index >= 15 is 0 Å². The number of benzene rings is 1. The average Bonchev–Trinajstić information content (AvgIpc) is 2.35. The van der Waals surface area contributed by atoms with Crippen molar-refractivity contribution in [1.82, 2.24) is 0 Å². The van der Waals surface area contributed by atoms with E-state index in [9.17, 15) is 18.0 Å². The first kappa shape index (κ1) is 14.2. The maximum absolute atomic E-state index is 13.0. The number of carbonyl (C=O) groups is 1.